The molecule has 0 spiro atoms. The number of allylic oxidation sites excluding steroid dienone is 1. The van der Waals surface area contributed by atoms with Gasteiger partial charge in [0.15, 0.2) is 0 Å². The highest BCUT2D eigenvalue weighted by molar-refractivity contribution is 5.88. The van der Waals surface area contributed by atoms with Crippen molar-refractivity contribution < 1.29 is 32.7 Å². The number of nitrogens with zero attached hydrogens (tertiary/aromatic N) is 1. The van der Waals surface area contributed by atoms with Gasteiger partial charge >= 0.3 is 12.1 Å². The van der Waals surface area contributed by atoms with E-state index in [4.69, 9.17) is 9.90 Å². The van der Waals surface area contributed by atoms with E-state index in [1.165, 1.54) is 24.0 Å². The van der Waals surface area contributed by atoms with Crippen LogP contribution in [-0.4, -0.2) is 46.4 Å². The van der Waals surface area contributed by atoms with Crippen molar-refractivity contribution in [2.24, 2.45) is 11.8 Å². The van der Waals surface area contributed by atoms with Crippen molar-refractivity contribution in [3.8, 4) is 0 Å². The molecule has 2 fully saturated rings. The van der Waals surface area contributed by atoms with E-state index < -0.39 is 12.1 Å². The van der Waals surface area contributed by atoms with Gasteiger partial charge < -0.3 is 15.3 Å². The second-order valence-electron chi connectivity index (χ2n) is 8.09. The molecule has 2 N–H and O–H groups in total. The van der Waals surface area contributed by atoms with E-state index in [2.05, 4.69) is 17.4 Å². The summed E-state index contributed by atoms with van der Waals surface area (Å²) in [6.07, 6.45) is 2.53. The van der Waals surface area contributed by atoms with Crippen LogP contribution in [0.3, 0.4) is 0 Å². The lowest BCUT2D eigenvalue weighted by atomic mass is 9.90. The first kappa shape index (κ1) is 23.0. The van der Waals surface area contributed by atoms with Crippen LogP contribution in [0.4, 0.5) is 13.2 Å². The summed E-state index contributed by atoms with van der Waals surface area (Å²) in [7, 11) is 0. The smallest absolute Gasteiger partial charge is 0.475 e. The Kier molecular flexibility index (Phi) is 7.15. The van der Waals surface area contributed by atoms with Crippen molar-refractivity contribution in [3.63, 3.8) is 0 Å². The van der Waals surface area contributed by atoms with Gasteiger partial charge in [-0.25, -0.2) is 4.79 Å². The van der Waals surface area contributed by atoms with Gasteiger partial charge in [-0.1, -0.05) is 30.3 Å². The summed E-state index contributed by atoms with van der Waals surface area (Å²) in [4.78, 5) is 35.5. The second-order valence-corrected chi connectivity index (χ2v) is 8.09. The number of nitrogens with one attached hydrogen (secondary N) is 1. The van der Waals surface area contributed by atoms with Crippen LogP contribution in [0.2, 0.25) is 0 Å². The zero-order valence-corrected chi connectivity index (χ0v) is 16.9. The number of carboxylic acids is 1. The summed E-state index contributed by atoms with van der Waals surface area (Å²) >= 11 is 0. The molecule has 2 heterocycles. The molecule has 3 aliphatic rings. The van der Waals surface area contributed by atoms with E-state index in [9.17, 15) is 22.8 Å². The van der Waals surface area contributed by atoms with E-state index in [0.717, 1.165) is 13.0 Å². The fourth-order valence-electron chi connectivity index (χ4n) is 3.65. The highest BCUT2D eigenvalue weighted by Crippen LogP contribution is 2.40. The van der Waals surface area contributed by atoms with Gasteiger partial charge in [0.1, 0.15) is 5.78 Å². The third kappa shape index (κ3) is 6.40. The molecule has 2 aliphatic heterocycles. The molecule has 1 aromatic rings. The summed E-state index contributed by atoms with van der Waals surface area (Å²) in [5.41, 5.74) is 2.48. The lowest BCUT2D eigenvalue weighted by Crippen LogP contribution is -2.48. The first-order valence-corrected chi connectivity index (χ1v) is 10.2. The molecule has 6 nitrogen and oxygen atoms in total. The SMILES string of the molecule is O=C(C[C@H](/C=C/C(=O)N1Cc2ccccc2C1)C1CC1)[C@@H]1CCN1.O=C(O)C(F)(F)F. The maximum atomic E-state index is 12.5. The average molecular weight is 438 g/mol. The van der Waals surface area contributed by atoms with Gasteiger partial charge in [-0.05, 0) is 54.8 Å². The zero-order valence-electron chi connectivity index (χ0n) is 16.9. The number of carbonyl (C=O) groups is 3. The minimum Gasteiger partial charge on any atom is -0.475 e. The Morgan fingerprint density at radius 2 is 1.68 bits per heavy atom. The minimum atomic E-state index is -5.08. The Labute approximate surface area is 178 Å². The molecular formula is C22H25F3N2O4. The average Bonchev–Trinajstić information content (AvgIpc) is 3.41. The van der Waals surface area contributed by atoms with E-state index >= 15 is 0 Å². The Morgan fingerprint density at radius 1 is 1.13 bits per heavy atom. The molecule has 1 amide bonds. The van der Waals surface area contributed by atoms with Crippen molar-refractivity contribution in [1.29, 1.82) is 0 Å². The van der Waals surface area contributed by atoms with Crippen LogP contribution < -0.4 is 5.32 Å². The predicted octanol–water partition coefficient (Wildman–Crippen LogP) is 3.07. The molecule has 1 saturated carbocycles. The number of fused-ring (bicyclic) bond motifs is 1. The Bertz CT molecular complexity index is 836. The topological polar surface area (TPSA) is 86.7 Å². The maximum absolute atomic E-state index is 12.5. The quantitative estimate of drug-likeness (QED) is 0.667. The number of carbonyl (C=O) groups excluding carboxylic acids is 2. The van der Waals surface area contributed by atoms with Crippen LogP contribution in [0.1, 0.15) is 36.8 Å². The number of carboxylic acid groups (broad SMARTS) is 1. The predicted molar refractivity (Wildman–Crippen MR) is 106 cm³/mol. The molecule has 4 rings (SSSR count). The van der Waals surface area contributed by atoms with Crippen LogP contribution in [-0.2, 0) is 27.5 Å². The lowest BCUT2D eigenvalue weighted by molar-refractivity contribution is -0.192. The number of alkyl halides is 3. The third-order valence-electron chi connectivity index (χ3n) is 5.76. The largest absolute Gasteiger partial charge is 0.490 e. The highest BCUT2D eigenvalue weighted by atomic mass is 19.4. The van der Waals surface area contributed by atoms with Crippen LogP contribution in [0.15, 0.2) is 36.4 Å². The van der Waals surface area contributed by atoms with Gasteiger partial charge in [0.25, 0.3) is 0 Å². The molecule has 0 aromatic heterocycles. The first-order chi connectivity index (χ1) is 14.6. The summed E-state index contributed by atoms with van der Waals surface area (Å²) in [6, 6.07) is 8.27. The van der Waals surface area contributed by atoms with Crippen molar-refractivity contribution in [2.75, 3.05) is 6.54 Å². The van der Waals surface area contributed by atoms with Crippen LogP contribution in [0.25, 0.3) is 0 Å². The molecule has 1 aliphatic carbocycles. The van der Waals surface area contributed by atoms with Crippen LogP contribution >= 0.6 is 0 Å². The fourth-order valence-corrected chi connectivity index (χ4v) is 3.65. The first-order valence-electron chi connectivity index (χ1n) is 10.2. The molecule has 1 saturated heterocycles. The Balaban J connectivity index is 0.000000339. The summed E-state index contributed by atoms with van der Waals surface area (Å²) in [5, 5.41) is 10.3. The number of amides is 1. The standard InChI is InChI=1S/C20H24N2O2.C2HF3O2/c23-19(18-9-10-21-18)11-15(14-5-6-14)7-8-20(24)22-12-16-3-1-2-4-17(16)13-22;3-2(4,5)1(6)7/h1-4,7-8,14-15,18,21H,5-6,9-13H2;(H,6,7)/b8-7+;/t15-,18-;/m0./s1. The summed E-state index contributed by atoms with van der Waals surface area (Å²) in [6.45, 7) is 2.34. The van der Waals surface area contributed by atoms with E-state index in [0.29, 0.717) is 31.2 Å². The Morgan fingerprint density at radius 3 is 2.10 bits per heavy atom. The van der Waals surface area contributed by atoms with E-state index in [1.807, 2.05) is 23.1 Å². The molecule has 9 heteroatoms. The zero-order chi connectivity index (χ0) is 22.6. The number of halogens is 3. The summed E-state index contributed by atoms with van der Waals surface area (Å²) < 4.78 is 31.7. The van der Waals surface area contributed by atoms with Gasteiger partial charge in [-0.3, -0.25) is 9.59 Å². The number of benzene rings is 1. The van der Waals surface area contributed by atoms with Crippen molar-refractivity contribution in [2.45, 2.75) is 51.0 Å². The van der Waals surface area contributed by atoms with Gasteiger partial charge in [0, 0.05) is 19.5 Å². The van der Waals surface area contributed by atoms with Crippen molar-refractivity contribution >= 4 is 17.7 Å². The molecule has 0 unspecified atom stereocenters. The van der Waals surface area contributed by atoms with Crippen molar-refractivity contribution in [1.82, 2.24) is 10.2 Å². The monoisotopic (exact) mass is 438 g/mol. The fraction of sp³-hybridized carbons (Fsp3) is 0.500. The third-order valence-corrected chi connectivity index (χ3v) is 5.76. The second kappa shape index (κ2) is 9.64. The van der Waals surface area contributed by atoms with Crippen LogP contribution in [0.5, 0.6) is 0 Å². The normalized spacial score (nSPS) is 21.0. The maximum Gasteiger partial charge on any atom is 0.490 e. The molecule has 168 valence electrons. The van der Waals surface area contributed by atoms with Gasteiger partial charge in [0.05, 0.1) is 6.04 Å². The van der Waals surface area contributed by atoms with Gasteiger partial charge in [0.2, 0.25) is 5.91 Å². The molecule has 2 atom stereocenters. The number of hydrogen-bond acceptors (Lipinski definition) is 4. The van der Waals surface area contributed by atoms with Crippen LogP contribution in [0, 0.1) is 11.8 Å². The molecule has 1 aromatic carbocycles. The van der Waals surface area contributed by atoms with E-state index in [-0.39, 0.29) is 17.9 Å². The number of rotatable bonds is 6. The molecule has 31 heavy (non-hydrogen) atoms. The van der Waals surface area contributed by atoms with E-state index in [1.54, 1.807) is 6.08 Å². The molecule has 0 radical (unpaired) electrons. The lowest BCUT2D eigenvalue weighted by Gasteiger charge is -2.27. The van der Waals surface area contributed by atoms with Crippen molar-refractivity contribution in [3.05, 3.63) is 47.5 Å². The minimum absolute atomic E-state index is 0.0587. The number of aliphatic carboxylic acids is 1. The molecular weight excluding hydrogens is 413 g/mol. The van der Waals surface area contributed by atoms with Gasteiger partial charge in [-0.2, -0.15) is 13.2 Å². The number of Topliss-reactive ketones (excluding diaryl/α,β-unsaturated/α-hetero) is 1. The highest BCUT2D eigenvalue weighted by Gasteiger charge is 2.38. The molecule has 0 bridgehead atoms. The Hall–Kier alpha value is -2.68. The number of ketones is 1. The number of hydrogen-bond donors (Lipinski definition) is 2. The summed E-state index contributed by atoms with van der Waals surface area (Å²) in [5.74, 6) is -1.56. The van der Waals surface area contributed by atoms with Gasteiger partial charge in [-0.15, -0.1) is 0 Å².